The van der Waals surface area contributed by atoms with E-state index < -0.39 is 0 Å². The van der Waals surface area contributed by atoms with Crippen LogP contribution in [0.5, 0.6) is 0 Å². The molecule has 7 nitrogen and oxygen atoms in total. The van der Waals surface area contributed by atoms with E-state index in [-0.39, 0.29) is 29.9 Å². The van der Waals surface area contributed by atoms with Gasteiger partial charge >= 0.3 is 0 Å². The number of nitrogens with zero attached hydrogens (tertiary/aromatic N) is 4. The van der Waals surface area contributed by atoms with E-state index in [4.69, 9.17) is 16.7 Å². The number of rotatable bonds is 4. The monoisotopic (exact) mass is 507 g/mol. The number of hydrogen-bond donors (Lipinski definition) is 1. The molecule has 1 aromatic heterocycles. The number of carbonyl (C=O) groups is 2. The van der Waals surface area contributed by atoms with E-state index in [2.05, 4.69) is 5.43 Å². The zero-order valence-electron chi connectivity index (χ0n) is 20.0. The van der Waals surface area contributed by atoms with Crippen LogP contribution in [0, 0.1) is 5.82 Å². The van der Waals surface area contributed by atoms with Crippen LogP contribution in [0.25, 0.3) is 17.3 Å². The van der Waals surface area contributed by atoms with Crippen molar-refractivity contribution in [3.63, 3.8) is 0 Å². The maximum atomic E-state index is 13.5. The standard InChI is InChI=1S/C27H27ClFN5O2/c1-18(35)32-16-20(15-19-5-9-22(29)10-6-19)26-24(17-32)25(27(36)31-33-13-3-2-4-14-33)30-34(26)23-11-7-21(28)8-12-23/h5-12,15H,2-4,13-14,16-17H2,1H3,(H,31,36). The molecule has 0 bridgehead atoms. The first-order valence-corrected chi connectivity index (χ1v) is 12.4. The van der Waals surface area contributed by atoms with E-state index in [0.29, 0.717) is 17.1 Å². The van der Waals surface area contributed by atoms with Gasteiger partial charge in [0.2, 0.25) is 5.91 Å². The van der Waals surface area contributed by atoms with Crippen LogP contribution in [-0.4, -0.2) is 51.1 Å². The summed E-state index contributed by atoms with van der Waals surface area (Å²) in [6.07, 6.45) is 5.12. The van der Waals surface area contributed by atoms with Gasteiger partial charge in [-0.25, -0.2) is 14.1 Å². The lowest BCUT2D eigenvalue weighted by Crippen LogP contribution is -2.45. The number of piperidine rings is 1. The van der Waals surface area contributed by atoms with Crippen molar-refractivity contribution in [3.05, 3.63) is 81.9 Å². The third kappa shape index (κ3) is 5.05. The summed E-state index contributed by atoms with van der Waals surface area (Å²) >= 11 is 6.12. The second-order valence-corrected chi connectivity index (χ2v) is 9.59. The molecule has 186 valence electrons. The van der Waals surface area contributed by atoms with Crippen LogP contribution in [0.3, 0.4) is 0 Å². The molecule has 0 unspecified atom stereocenters. The van der Waals surface area contributed by atoms with Crippen molar-refractivity contribution in [3.8, 4) is 5.69 Å². The van der Waals surface area contributed by atoms with Gasteiger partial charge in [-0.05, 0) is 66.5 Å². The van der Waals surface area contributed by atoms with Crippen LogP contribution >= 0.6 is 11.6 Å². The Hall–Kier alpha value is -3.49. The van der Waals surface area contributed by atoms with Gasteiger partial charge in [0.1, 0.15) is 5.82 Å². The van der Waals surface area contributed by atoms with E-state index in [1.54, 1.807) is 33.8 Å². The lowest BCUT2D eigenvalue weighted by Gasteiger charge is -2.29. The highest BCUT2D eigenvalue weighted by Crippen LogP contribution is 2.34. The van der Waals surface area contributed by atoms with Crippen molar-refractivity contribution in [2.45, 2.75) is 32.7 Å². The maximum absolute atomic E-state index is 13.5. The molecule has 1 saturated heterocycles. The Kier molecular flexibility index (Phi) is 6.89. The molecule has 36 heavy (non-hydrogen) atoms. The summed E-state index contributed by atoms with van der Waals surface area (Å²) < 4.78 is 15.3. The highest BCUT2D eigenvalue weighted by Gasteiger charge is 2.33. The normalized spacial score (nSPS) is 17.2. The Morgan fingerprint density at radius 1 is 1.00 bits per heavy atom. The summed E-state index contributed by atoms with van der Waals surface area (Å²) in [4.78, 5) is 27.6. The maximum Gasteiger partial charge on any atom is 0.286 e. The Balaban J connectivity index is 1.64. The first-order valence-electron chi connectivity index (χ1n) is 12.0. The molecule has 0 spiro atoms. The van der Waals surface area contributed by atoms with Gasteiger partial charge in [-0.1, -0.05) is 30.2 Å². The molecular formula is C27H27ClFN5O2. The highest BCUT2D eigenvalue weighted by atomic mass is 35.5. The van der Waals surface area contributed by atoms with Gasteiger partial charge in [0.25, 0.3) is 5.91 Å². The summed E-state index contributed by atoms with van der Waals surface area (Å²) in [6, 6.07) is 13.4. The molecule has 3 aromatic rings. The van der Waals surface area contributed by atoms with Crippen LogP contribution < -0.4 is 5.43 Å². The summed E-state index contributed by atoms with van der Waals surface area (Å²) in [7, 11) is 0. The number of hydrogen-bond acceptors (Lipinski definition) is 4. The van der Waals surface area contributed by atoms with Crippen molar-refractivity contribution in [2.75, 3.05) is 19.6 Å². The smallest absolute Gasteiger partial charge is 0.286 e. The third-order valence-electron chi connectivity index (χ3n) is 6.56. The Bertz CT molecular complexity index is 1310. The third-order valence-corrected chi connectivity index (χ3v) is 6.81. The van der Waals surface area contributed by atoms with Crippen LogP contribution in [0.1, 0.15) is 53.5 Å². The molecule has 2 amide bonds. The molecule has 2 aliphatic heterocycles. The molecular weight excluding hydrogens is 481 g/mol. The van der Waals surface area contributed by atoms with Gasteiger partial charge in [0, 0.05) is 37.1 Å². The fraction of sp³-hybridized carbons (Fsp3) is 0.296. The molecule has 5 rings (SSSR count). The summed E-state index contributed by atoms with van der Waals surface area (Å²) in [5.74, 6) is -0.727. The highest BCUT2D eigenvalue weighted by molar-refractivity contribution is 6.30. The zero-order chi connectivity index (χ0) is 25.2. The number of fused-ring (bicyclic) bond motifs is 1. The number of hydrazine groups is 1. The number of nitrogens with one attached hydrogen (secondary N) is 1. The molecule has 0 saturated carbocycles. The van der Waals surface area contributed by atoms with Gasteiger partial charge in [-0.3, -0.25) is 15.0 Å². The molecule has 0 radical (unpaired) electrons. The molecule has 0 aliphatic carbocycles. The van der Waals surface area contributed by atoms with Crippen molar-refractivity contribution >= 4 is 35.1 Å². The van der Waals surface area contributed by atoms with Crippen molar-refractivity contribution < 1.29 is 14.0 Å². The lowest BCUT2D eigenvalue weighted by atomic mass is 9.97. The van der Waals surface area contributed by atoms with Crippen molar-refractivity contribution in [1.82, 2.24) is 25.1 Å². The average molecular weight is 508 g/mol. The second kappa shape index (κ2) is 10.2. The minimum atomic E-state index is -0.324. The SMILES string of the molecule is CC(=O)N1CC(=Cc2ccc(F)cc2)c2c(c(C(=O)NN3CCCCC3)nn2-c2ccc(Cl)cc2)C1. The first-order chi connectivity index (χ1) is 17.4. The van der Waals surface area contributed by atoms with Gasteiger partial charge < -0.3 is 4.90 Å². The lowest BCUT2D eigenvalue weighted by molar-refractivity contribution is -0.128. The molecule has 1 fully saturated rings. The van der Waals surface area contributed by atoms with Crippen LogP contribution in [0.2, 0.25) is 5.02 Å². The van der Waals surface area contributed by atoms with E-state index in [1.807, 2.05) is 23.2 Å². The van der Waals surface area contributed by atoms with Crippen molar-refractivity contribution in [1.29, 1.82) is 0 Å². The van der Waals surface area contributed by atoms with E-state index >= 15 is 0 Å². The van der Waals surface area contributed by atoms with E-state index in [0.717, 1.165) is 54.9 Å². The average Bonchev–Trinajstić information content (AvgIpc) is 3.26. The van der Waals surface area contributed by atoms with Gasteiger partial charge in [0.15, 0.2) is 5.69 Å². The van der Waals surface area contributed by atoms with Crippen LogP contribution in [-0.2, 0) is 11.3 Å². The summed E-state index contributed by atoms with van der Waals surface area (Å²) in [6.45, 7) is 3.70. The Morgan fingerprint density at radius 3 is 2.36 bits per heavy atom. The predicted octanol–water partition coefficient (Wildman–Crippen LogP) is 4.70. The molecule has 2 aliphatic rings. The number of halogens is 2. The predicted molar refractivity (Wildman–Crippen MR) is 137 cm³/mol. The van der Waals surface area contributed by atoms with Gasteiger partial charge in [-0.15, -0.1) is 0 Å². The fourth-order valence-corrected chi connectivity index (χ4v) is 4.83. The van der Waals surface area contributed by atoms with Crippen molar-refractivity contribution in [2.24, 2.45) is 0 Å². The minimum Gasteiger partial charge on any atom is -0.334 e. The zero-order valence-corrected chi connectivity index (χ0v) is 20.8. The molecule has 3 heterocycles. The largest absolute Gasteiger partial charge is 0.334 e. The number of benzene rings is 2. The number of carbonyl (C=O) groups excluding carboxylic acids is 2. The molecule has 0 atom stereocenters. The Labute approximate surface area is 214 Å². The quantitative estimate of drug-likeness (QED) is 0.556. The molecule has 9 heteroatoms. The number of amides is 2. The van der Waals surface area contributed by atoms with Crippen LogP contribution in [0.4, 0.5) is 4.39 Å². The molecule has 2 aromatic carbocycles. The van der Waals surface area contributed by atoms with E-state index in [1.165, 1.54) is 19.1 Å². The summed E-state index contributed by atoms with van der Waals surface area (Å²) in [5.41, 5.74) is 7.04. The second-order valence-electron chi connectivity index (χ2n) is 9.15. The minimum absolute atomic E-state index is 0.104. The fourth-order valence-electron chi connectivity index (χ4n) is 4.71. The topological polar surface area (TPSA) is 70.5 Å². The first kappa shape index (κ1) is 24.2. The Morgan fingerprint density at radius 2 is 1.69 bits per heavy atom. The van der Waals surface area contributed by atoms with E-state index in [9.17, 15) is 14.0 Å². The van der Waals surface area contributed by atoms with Gasteiger partial charge in [0.05, 0.1) is 17.9 Å². The van der Waals surface area contributed by atoms with Gasteiger partial charge in [-0.2, -0.15) is 5.10 Å². The summed E-state index contributed by atoms with van der Waals surface area (Å²) in [5, 5.41) is 7.27. The number of aromatic nitrogens is 2. The molecule has 1 N–H and O–H groups in total. The van der Waals surface area contributed by atoms with Crippen LogP contribution in [0.15, 0.2) is 48.5 Å².